The van der Waals surface area contributed by atoms with E-state index in [2.05, 4.69) is 59.7 Å². The van der Waals surface area contributed by atoms with Crippen LogP contribution in [0, 0.1) is 11.8 Å². The first kappa shape index (κ1) is 28.2. The number of ether oxygens (including phenoxy) is 2. The number of morpholine rings is 1. The molecule has 1 aliphatic carbocycles. The van der Waals surface area contributed by atoms with E-state index >= 15 is 0 Å². The van der Waals surface area contributed by atoms with Crippen molar-refractivity contribution in [2.75, 3.05) is 44.8 Å². The number of aromatic nitrogens is 2. The molecule has 2 aromatic rings. The van der Waals surface area contributed by atoms with Crippen molar-refractivity contribution in [3.63, 3.8) is 0 Å². The zero-order valence-corrected chi connectivity index (χ0v) is 24.9. The van der Waals surface area contributed by atoms with Gasteiger partial charge in [-0.2, -0.15) is 0 Å². The van der Waals surface area contributed by atoms with Crippen LogP contribution in [0.25, 0.3) is 0 Å². The highest BCUT2D eigenvalue weighted by Crippen LogP contribution is 2.44. The Morgan fingerprint density at radius 2 is 2.05 bits per heavy atom. The molecule has 1 saturated carbocycles. The Labute approximate surface area is 244 Å². The Balaban J connectivity index is 1.23. The van der Waals surface area contributed by atoms with Gasteiger partial charge in [0.1, 0.15) is 16.9 Å². The maximum absolute atomic E-state index is 14.8. The predicted molar refractivity (Wildman–Crippen MR) is 154 cm³/mol. The molecule has 0 N–H and O–H groups in total. The number of piperidine rings is 2. The number of nitrogens with zero attached hydrogens (tertiary/aromatic N) is 5. The summed E-state index contributed by atoms with van der Waals surface area (Å²) in [5.41, 5.74) is 2.31. The zero-order valence-electron chi connectivity index (χ0n) is 23.3. The first-order valence-corrected chi connectivity index (χ1v) is 15.4. The van der Waals surface area contributed by atoms with Gasteiger partial charge < -0.3 is 14.4 Å². The summed E-state index contributed by atoms with van der Waals surface area (Å²) in [6.45, 7) is 7.17. The van der Waals surface area contributed by atoms with E-state index in [4.69, 9.17) is 9.47 Å². The highest BCUT2D eigenvalue weighted by atomic mass is 79.9. The topological polar surface area (TPSA) is 54.0 Å². The summed E-state index contributed by atoms with van der Waals surface area (Å²) in [4.78, 5) is 16.3. The Kier molecular flexibility index (Phi) is 8.58. The van der Waals surface area contributed by atoms with Gasteiger partial charge in [-0.15, -0.1) is 0 Å². The monoisotopic (exact) mass is 619 g/mol. The number of alkyl halides is 2. The fourth-order valence-electron chi connectivity index (χ4n) is 7.59. The van der Waals surface area contributed by atoms with Crippen molar-refractivity contribution >= 4 is 21.6 Å². The van der Waals surface area contributed by atoms with E-state index in [9.17, 15) is 8.78 Å². The standard InChI is InChI=1S/C30H40BrF2N5O2/c1-19-18-40-30-28(33)25(32)12-22-10-21(16-38(19)29(22)30)15-37(14-20-7-8-34-27(11-20)39-2)24-4-3-9-36(17-24)23-5-6-26(31)35-13-23/h5-8,11,13,19,21-22,24-25,28-30H,3-4,9-10,12,14-18H2,1-2H3/t19?,21?,22?,24-,25?,28?,29?,30?/m0/s1. The number of halogens is 3. The average molecular weight is 621 g/mol. The molecule has 5 heterocycles. The van der Waals surface area contributed by atoms with Gasteiger partial charge in [-0.25, -0.2) is 18.7 Å². The van der Waals surface area contributed by atoms with Crippen LogP contribution in [0.1, 0.15) is 38.2 Å². The lowest BCUT2D eigenvalue weighted by Gasteiger charge is -2.57. The summed E-state index contributed by atoms with van der Waals surface area (Å²) in [7, 11) is 1.65. The van der Waals surface area contributed by atoms with E-state index in [0.717, 1.165) is 62.3 Å². The first-order valence-electron chi connectivity index (χ1n) is 14.6. The Morgan fingerprint density at radius 3 is 2.85 bits per heavy atom. The van der Waals surface area contributed by atoms with Crippen LogP contribution < -0.4 is 9.64 Å². The zero-order chi connectivity index (χ0) is 27.8. The molecular formula is C30H40BrF2N5O2. The van der Waals surface area contributed by atoms with Crippen molar-refractivity contribution in [1.82, 2.24) is 19.8 Å². The predicted octanol–water partition coefficient (Wildman–Crippen LogP) is 4.89. The van der Waals surface area contributed by atoms with E-state index < -0.39 is 18.4 Å². The molecule has 6 rings (SSSR count). The van der Waals surface area contributed by atoms with Gasteiger partial charge >= 0.3 is 0 Å². The molecule has 0 aromatic carbocycles. The van der Waals surface area contributed by atoms with E-state index in [1.807, 2.05) is 24.5 Å². The lowest BCUT2D eigenvalue weighted by molar-refractivity contribution is -0.194. The van der Waals surface area contributed by atoms with Gasteiger partial charge in [0.2, 0.25) is 5.88 Å². The molecule has 3 saturated heterocycles. The molecule has 4 aliphatic rings. The van der Waals surface area contributed by atoms with Gasteiger partial charge in [-0.05, 0) is 84.1 Å². The van der Waals surface area contributed by atoms with Gasteiger partial charge in [0.25, 0.3) is 0 Å². The van der Waals surface area contributed by atoms with Crippen LogP contribution in [0.15, 0.2) is 41.3 Å². The van der Waals surface area contributed by atoms with Crippen LogP contribution in [0.5, 0.6) is 5.88 Å². The number of anilines is 1. The second-order valence-electron chi connectivity index (χ2n) is 12.1. The maximum Gasteiger partial charge on any atom is 0.213 e. The fourth-order valence-corrected chi connectivity index (χ4v) is 7.83. The van der Waals surface area contributed by atoms with Crippen LogP contribution in [0.3, 0.4) is 0 Å². The smallest absolute Gasteiger partial charge is 0.213 e. The molecule has 218 valence electrons. The normalized spacial score (nSPS) is 34.5. The van der Waals surface area contributed by atoms with Crippen molar-refractivity contribution in [3.8, 4) is 5.88 Å². The third-order valence-corrected chi connectivity index (χ3v) is 9.94. The summed E-state index contributed by atoms with van der Waals surface area (Å²) in [5.74, 6) is 1.11. The molecule has 8 atom stereocenters. The SMILES string of the molecule is COc1cc(CN(CC2CC3CC(F)C(F)C4OCC(C)N(C2)C34)[C@H]2CCCN(c3ccc(Br)nc3)C2)ccn1. The van der Waals surface area contributed by atoms with Gasteiger partial charge in [0.15, 0.2) is 6.17 Å². The van der Waals surface area contributed by atoms with Gasteiger partial charge in [-0.3, -0.25) is 9.80 Å². The molecular weight excluding hydrogens is 580 g/mol. The van der Waals surface area contributed by atoms with Gasteiger partial charge in [-0.1, -0.05) is 0 Å². The first-order chi connectivity index (χ1) is 19.4. The quantitative estimate of drug-likeness (QED) is 0.409. The highest BCUT2D eigenvalue weighted by Gasteiger charge is 2.54. The lowest BCUT2D eigenvalue weighted by Crippen LogP contribution is -2.68. The highest BCUT2D eigenvalue weighted by molar-refractivity contribution is 9.10. The third-order valence-electron chi connectivity index (χ3n) is 9.47. The summed E-state index contributed by atoms with van der Waals surface area (Å²) < 4.78 is 41.8. The molecule has 3 aliphatic heterocycles. The Hall–Kier alpha value is -1.88. The van der Waals surface area contributed by atoms with E-state index in [0.29, 0.717) is 30.9 Å². The van der Waals surface area contributed by atoms with Crippen molar-refractivity contribution in [1.29, 1.82) is 0 Å². The molecule has 10 heteroatoms. The molecule has 2 aromatic heterocycles. The minimum atomic E-state index is -1.52. The fraction of sp³-hybridized carbons (Fsp3) is 0.667. The van der Waals surface area contributed by atoms with E-state index in [-0.39, 0.29) is 18.0 Å². The van der Waals surface area contributed by atoms with E-state index in [1.54, 1.807) is 7.11 Å². The molecule has 0 bridgehead atoms. The molecule has 0 amide bonds. The minimum Gasteiger partial charge on any atom is -0.481 e. The molecule has 7 nitrogen and oxygen atoms in total. The number of pyridine rings is 2. The average Bonchev–Trinajstić information content (AvgIpc) is 2.97. The summed E-state index contributed by atoms with van der Waals surface area (Å²) in [5, 5.41) is 0. The van der Waals surface area contributed by atoms with Crippen LogP contribution in [0.2, 0.25) is 0 Å². The summed E-state index contributed by atoms with van der Waals surface area (Å²) in [6, 6.07) is 8.77. The third kappa shape index (κ3) is 5.87. The van der Waals surface area contributed by atoms with Crippen LogP contribution in [-0.4, -0.2) is 96.2 Å². The van der Waals surface area contributed by atoms with E-state index in [1.165, 1.54) is 5.56 Å². The number of hydrogen-bond donors (Lipinski definition) is 0. The maximum atomic E-state index is 14.8. The van der Waals surface area contributed by atoms with Crippen molar-refractivity contribution < 1.29 is 18.3 Å². The van der Waals surface area contributed by atoms with Gasteiger partial charge in [0.05, 0.1) is 25.6 Å². The molecule has 0 radical (unpaired) electrons. The molecule has 4 fully saturated rings. The van der Waals surface area contributed by atoms with Crippen molar-refractivity contribution in [2.45, 2.75) is 75.7 Å². The summed E-state index contributed by atoms with van der Waals surface area (Å²) in [6.07, 6.45) is 3.58. The minimum absolute atomic E-state index is 0.0185. The Bertz CT molecular complexity index is 1150. The van der Waals surface area contributed by atoms with Crippen LogP contribution in [-0.2, 0) is 11.3 Å². The van der Waals surface area contributed by atoms with Gasteiger partial charge in [0, 0.05) is 63.1 Å². The summed E-state index contributed by atoms with van der Waals surface area (Å²) >= 11 is 3.45. The molecule has 0 spiro atoms. The lowest BCUT2D eigenvalue weighted by atomic mass is 9.71. The Morgan fingerprint density at radius 1 is 1.18 bits per heavy atom. The molecule has 7 unspecified atom stereocenters. The number of methoxy groups -OCH3 is 1. The van der Waals surface area contributed by atoms with Crippen LogP contribution >= 0.6 is 15.9 Å². The van der Waals surface area contributed by atoms with Crippen molar-refractivity contribution in [2.24, 2.45) is 11.8 Å². The number of hydrogen-bond acceptors (Lipinski definition) is 7. The van der Waals surface area contributed by atoms with Crippen molar-refractivity contribution in [3.05, 3.63) is 46.8 Å². The number of rotatable bonds is 7. The molecule has 40 heavy (non-hydrogen) atoms. The second kappa shape index (κ2) is 12.2. The van der Waals surface area contributed by atoms with Crippen LogP contribution in [0.4, 0.5) is 14.5 Å². The largest absolute Gasteiger partial charge is 0.481 e. The second-order valence-corrected chi connectivity index (χ2v) is 12.9.